The standard InChI is InChI=1S/C26H28ClN7OS/c1-16-24(28)26(15-35-16)9-12-34(13-10-26)22-7-6-19-20(30-22)14-29-25(31-19)36-21-5-3-4-17(23(21)27)18-8-11-33(2)32-18/h3-8,11,14,16,24H,9-10,12-13,15,28H2,1-2H3/t16-,24+/m0/s1. The molecule has 2 atom stereocenters. The highest BCUT2D eigenvalue weighted by molar-refractivity contribution is 7.99. The minimum atomic E-state index is 0.0944. The number of rotatable bonds is 4. The first-order valence-electron chi connectivity index (χ1n) is 12.1. The zero-order valence-corrected chi connectivity index (χ0v) is 21.8. The zero-order chi connectivity index (χ0) is 24.9. The normalized spacial score (nSPS) is 21.5. The minimum absolute atomic E-state index is 0.0944. The summed E-state index contributed by atoms with van der Waals surface area (Å²) in [7, 11) is 1.89. The van der Waals surface area contributed by atoms with E-state index in [4.69, 9.17) is 32.0 Å². The van der Waals surface area contributed by atoms with Crippen LogP contribution in [0, 0.1) is 5.41 Å². The smallest absolute Gasteiger partial charge is 0.193 e. The topological polar surface area (TPSA) is 95.0 Å². The van der Waals surface area contributed by atoms with Gasteiger partial charge in [-0.25, -0.2) is 15.0 Å². The highest BCUT2D eigenvalue weighted by Gasteiger charge is 2.47. The molecule has 0 unspecified atom stereocenters. The summed E-state index contributed by atoms with van der Waals surface area (Å²) >= 11 is 8.17. The van der Waals surface area contributed by atoms with Crippen LogP contribution in [0.3, 0.4) is 0 Å². The van der Waals surface area contributed by atoms with Gasteiger partial charge in [0.25, 0.3) is 0 Å². The molecule has 5 heterocycles. The van der Waals surface area contributed by atoms with Crippen LogP contribution in [0.15, 0.2) is 58.8 Å². The van der Waals surface area contributed by atoms with Gasteiger partial charge in [-0.05, 0) is 55.8 Å². The quantitative estimate of drug-likeness (QED) is 0.390. The molecule has 6 rings (SSSR count). The molecule has 0 aliphatic carbocycles. The molecular formula is C26H28ClN7OS. The first-order chi connectivity index (χ1) is 17.4. The monoisotopic (exact) mass is 521 g/mol. The van der Waals surface area contributed by atoms with E-state index in [1.165, 1.54) is 11.8 Å². The zero-order valence-electron chi connectivity index (χ0n) is 20.3. The van der Waals surface area contributed by atoms with Crippen molar-refractivity contribution in [3.8, 4) is 11.3 Å². The summed E-state index contributed by atoms with van der Waals surface area (Å²) < 4.78 is 7.62. The third-order valence-corrected chi connectivity index (χ3v) is 8.94. The van der Waals surface area contributed by atoms with Crippen LogP contribution in [0.5, 0.6) is 0 Å². The molecule has 3 aromatic heterocycles. The third kappa shape index (κ3) is 4.24. The number of nitrogens with zero attached hydrogens (tertiary/aromatic N) is 6. The molecule has 0 amide bonds. The molecule has 2 aliphatic rings. The lowest BCUT2D eigenvalue weighted by atomic mass is 9.73. The molecule has 10 heteroatoms. The van der Waals surface area contributed by atoms with Crippen molar-refractivity contribution in [3.63, 3.8) is 0 Å². The highest BCUT2D eigenvalue weighted by atomic mass is 35.5. The summed E-state index contributed by atoms with van der Waals surface area (Å²) in [6.07, 6.45) is 5.86. The van der Waals surface area contributed by atoms with Crippen molar-refractivity contribution in [3.05, 3.63) is 53.8 Å². The predicted molar refractivity (Wildman–Crippen MR) is 142 cm³/mol. The maximum absolute atomic E-state index is 6.73. The predicted octanol–water partition coefficient (Wildman–Crippen LogP) is 4.56. The van der Waals surface area contributed by atoms with Crippen molar-refractivity contribution >= 4 is 40.2 Å². The van der Waals surface area contributed by atoms with E-state index in [1.54, 1.807) is 10.9 Å². The van der Waals surface area contributed by atoms with Gasteiger partial charge in [0.15, 0.2) is 5.16 Å². The van der Waals surface area contributed by atoms with Gasteiger partial charge in [-0.1, -0.05) is 23.7 Å². The number of benzene rings is 1. The van der Waals surface area contributed by atoms with Crippen molar-refractivity contribution < 1.29 is 4.74 Å². The van der Waals surface area contributed by atoms with Gasteiger partial charge in [-0.15, -0.1) is 0 Å². The number of halogens is 1. The van der Waals surface area contributed by atoms with Gasteiger partial charge in [-0.3, -0.25) is 4.68 Å². The molecular weight excluding hydrogens is 494 g/mol. The summed E-state index contributed by atoms with van der Waals surface area (Å²) in [6.45, 7) is 4.68. The van der Waals surface area contributed by atoms with E-state index in [2.05, 4.69) is 21.9 Å². The van der Waals surface area contributed by atoms with Crippen LogP contribution in [0.4, 0.5) is 5.82 Å². The molecule has 4 aromatic rings. The summed E-state index contributed by atoms with van der Waals surface area (Å²) in [5.74, 6) is 0.952. The highest BCUT2D eigenvalue weighted by Crippen LogP contribution is 2.42. The molecule has 2 fully saturated rings. The maximum Gasteiger partial charge on any atom is 0.193 e. The van der Waals surface area contributed by atoms with Crippen LogP contribution in [0.2, 0.25) is 5.02 Å². The number of nitrogens with two attached hydrogens (primary N) is 1. The lowest BCUT2D eigenvalue weighted by Gasteiger charge is -2.41. The van der Waals surface area contributed by atoms with Crippen molar-refractivity contribution in [1.29, 1.82) is 0 Å². The Morgan fingerprint density at radius 3 is 2.67 bits per heavy atom. The second-order valence-corrected chi connectivity index (χ2v) is 11.1. The maximum atomic E-state index is 6.73. The van der Waals surface area contributed by atoms with Crippen LogP contribution in [0.1, 0.15) is 19.8 Å². The average Bonchev–Trinajstić information content (AvgIpc) is 3.44. The van der Waals surface area contributed by atoms with E-state index in [9.17, 15) is 0 Å². The second kappa shape index (κ2) is 9.30. The fourth-order valence-corrected chi connectivity index (χ4v) is 6.35. The second-order valence-electron chi connectivity index (χ2n) is 9.71. The fraction of sp³-hybridized carbons (Fsp3) is 0.385. The van der Waals surface area contributed by atoms with Gasteiger partial charge in [0.1, 0.15) is 11.3 Å². The number of pyridine rings is 1. The van der Waals surface area contributed by atoms with Gasteiger partial charge in [0, 0.05) is 48.2 Å². The van der Waals surface area contributed by atoms with Crippen LogP contribution < -0.4 is 10.6 Å². The summed E-state index contributed by atoms with van der Waals surface area (Å²) in [6, 6.07) is 12.0. The Labute approximate surface area is 219 Å². The molecule has 2 saturated heterocycles. The molecule has 2 N–H and O–H groups in total. The number of hydrogen-bond donors (Lipinski definition) is 1. The Balaban J connectivity index is 1.19. The Morgan fingerprint density at radius 1 is 1.11 bits per heavy atom. The third-order valence-electron chi connectivity index (χ3n) is 7.48. The fourth-order valence-electron chi connectivity index (χ4n) is 5.22. The molecule has 8 nitrogen and oxygen atoms in total. The number of aryl methyl sites for hydroxylation is 1. The first-order valence-corrected chi connectivity index (χ1v) is 13.3. The van der Waals surface area contributed by atoms with Gasteiger partial charge >= 0.3 is 0 Å². The Bertz CT molecular complexity index is 1420. The van der Waals surface area contributed by atoms with Gasteiger partial charge in [-0.2, -0.15) is 5.10 Å². The van der Waals surface area contributed by atoms with Gasteiger partial charge in [0.05, 0.1) is 35.1 Å². The Kier molecular flexibility index (Phi) is 6.11. The van der Waals surface area contributed by atoms with Crippen LogP contribution in [-0.2, 0) is 11.8 Å². The number of ether oxygens (including phenoxy) is 1. The largest absolute Gasteiger partial charge is 0.376 e. The van der Waals surface area contributed by atoms with E-state index in [-0.39, 0.29) is 17.6 Å². The molecule has 186 valence electrons. The van der Waals surface area contributed by atoms with Crippen molar-refractivity contribution in [2.45, 2.75) is 42.0 Å². The molecule has 36 heavy (non-hydrogen) atoms. The van der Waals surface area contributed by atoms with Crippen LogP contribution in [-0.4, -0.2) is 56.6 Å². The number of aromatic nitrogens is 5. The molecule has 0 saturated carbocycles. The van der Waals surface area contributed by atoms with Crippen LogP contribution >= 0.6 is 23.4 Å². The summed E-state index contributed by atoms with van der Waals surface area (Å²) in [4.78, 5) is 17.4. The van der Waals surface area contributed by atoms with Crippen molar-refractivity contribution in [2.75, 3.05) is 24.6 Å². The Hall–Kier alpha value is -2.72. The van der Waals surface area contributed by atoms with Crippen LogP contribution in [0.25, 0.3) is 22.3 Å². The molecule has 1 aromatic carbocycles. The SMILES string of the molecule is C[C@@H]1OCC2(CCN(c3ccc4nc(Sc5cccc(-c6ccn(C)n6)c5Cl)ncc4n3)CC2)[C@@H]1N. The van der Waals surface area contributed by atoms with Gasteiger partial charge < -0.3 is 15.4 Å². The minimum Gasteiger partial charge on any atom is -0.376 e. The lowest BCUT2D eigenvalue weighted by Crippen LogP contribution is -2.50. The first kappa shape index (κ1) is 23.7. The van der Waals surface area contributed by atoms with E-state index in [0.29, 0.717) is 10.2 Å². The molecule has 1 spiro atoms. The summed E-state index contributed by atoms with van der Waals surface area (Å²) in [5.41, 5.74) is 9.87. The van der Waals surface area contributed by atoms with Gasteiger partial charge in [0.2, 0.25) is 0 Å². The van der Waals surface area contributed by atoms with Crippen molar-refractivity contribution in [2.24, 2.45) is 18.2 Å². The number of anilines is 1. The molecule has 0 radical (unpaired) electrons. The molecule has 0 bridgehead atoms. The van der Waals surface area contributed by atoms with E-state index >= 15 is 0 Å². The average molecular weight is 522 g/mol. The number of hydrogen-bond acceptors (Lipinski definition) is 8. The van der Waals surface area contributed by atoms with E-state index in [1.807, 2.05) is 49.6 Å². The number of fused-ring (bicyclic) bond motifs is 1. The van der Waals surface area contributed by atoms with E-state index < -0.39 is 0 Å². The summed E-state index contributed by atoms with van der Waals surface area (Å²) in [5, 5.41) is 5.74. The number of piperidine rings is 1. The lowest BCUT2D eigenvalue weighted by molar-refractivity contribution is 0.0974. The van der Waals surface area contributed by atoms with E-state index in [0.717, 1.165) is 65.5 Å². The Morgan fingerprint density at radius 2 is 1.94 bits per heavy atom. The van der Waals surface area contributed by atoms with Crippen molar-refractivity contribution in [1.82, 2.24) is 24.7 Å². The molecule has 2 aliphatic heterocycles.